The highest BCUT2D eigenvalue weighted by atomic mass is 16.2. The molecule has 0 aromatic carbocycles. The Bertz CT molecular complexity index is 479. The molecule has 6 nitrogen and oxygen atoms in total. The lowest BCUT2D eigenvalue weighted by Gasteiger charge is -2.19. The highest BCUT2D eigenvalue weighted by molar-refractivity contribution is 5.78. The molecule has 122 valence electrons. The number of rotatable bonds is 6. The van der Waals surface area contributed by atoms with Crippen LogP contribution >= 0.6 is 0 Å². The quantitative estimate of drug-likeness (QED) is 0.752. The SMILES string of the molecule is Cc1ccnc(NCCNC(=O)CN2CCCN(C)CC2)c1. The maximum Gasteiger partial charge on any atom is 0.234 e. The van der Waals surface area contributed by atoms with Crippen LogP contribution in [0.2, 0.25) is 0 Å². The molecule has 22 heavy (non-hydrogen) atoms. The number of pyridine rings is 1. The second-order valence-corrected chi connectivity index (χ2v) is 5.93. The Balaban J connectivity index is 1.61. The van der Waals surface area contributed by atoms with E-state index in [1.54, 1.807) is 6.20 Å². The number of nitrogens with one attached hydrogen (secondary N) is 2. The summed E-state index contributed by atoms with van der Waals surface area (Å²) in [5.74, 6) is 0.952. The predicted octanol–water partition coefficient (Wildman–Crippen LogP) is 0.556. The van der Waals surface area contributed by atoms with Gasteiger partial charge in [0, 0.05) is 32.4 Å². The molecule has 1 aliphatic rings. The van der Waals surface area contributed by atoms with Gasteiger partial charge in [0.2, 0.25) is 5.91 Å². The number of carbonyl (C=O) groups excluding carboxylic acids is 1. The fraction of sp³-hybridized carbons (Fsp3) is 0.625. The lowest BCUT2D eigenvalue weighted by Crippen LogP contribution is -2.40. The smallest absolute Gasteiger partial charge is 0.234 e. The molecule has 1 aromatic rings. The zero-order valence-corrected chi connectivity index (χ0v) is 13.6. The van der Waals surface area contributed by atoms with Crippen LogP contribution < -0.4 is 10.6 Å². The summed E-state index contributed by atoms with van der Waals surface area (Å²) in [5, 5.41) is 6.18. The molecule has 1 aromatic heterocycles. The molecule has 0 atom stereocenters. The largest absolute Gasteiger partial charge is 0.368 e. The zero-order valence-electron chi connectivity index (χ0n) is 13.6. The first-order valence-electron chi connectivity index (χ1n) is 7.97. The zero-order chi connectivity index (χ0) is 15.8. The molecule has 1 fully saturated rings. The van der Waals surface area contributed by atoms with Gasteiger partial charge in [-0.15, -0.1) is 0 Å². The summed E-state index contributed by atoms with van der Waals surface area (Å²) >= 11 is 0. The topological polar surface area (TPSA) is 60.5 Å². The molecule has 2 rings (SSSR count). The molecule has 1 saturated heterocycles. The molecule has 1 aliphatic heterocycles. The second-order valence-electron chi connectivity index (χ2n) is 5.93. The van der Waals surface area contributed by atoms with E-state index in [1.807, 2.05) is 19.1 Å². The van der Waals surface area contributed by atoms with E-state index in [4.69, 9.17) is 0 Å². The standard InChI is InChI=1S/C16H27N5O/c1-14-4-5-17-15(12-14)18-6-7-19-16(22)13-21-9-3-8-20(2)10-11-21/h4-5,12H,3,6-11,13H2,1-2H3,(H,17,18)(H,19,22). The number of hydrogen-bond donors (Lipinski definition) is 2. The van der Waals surface area contributed by atoms with Crippen molar-refractivity contribution in [2.75, 3.05) is 58.2 Å². The van der Waals surface area contributed by atoms with E-state index in [-0.39, 0.29) is 5.91 Å². The molecule has 6 heteroatoms. The van der Waals surface area contributed by atoms with E-state index in [0.29, 0.717) is 19.6 Å². The monoisotopic (exact) mass is 305 g/mol. The number of hydrogen-bond acceptors (Lipinski definition) is 5. The van der Waals surface area contributed by atoms with E-state index in [9.17, 15) is 4.79 Å². The molecule has 0 unspecified atom stereocenters. The van der Waals surface area contributed by atoms with Gasteiger partial charge in [0.05, 0.1) is 6.54 Å². The van der Waals surface area contributed by atoms with Crippen molar-refractivity contribution >= 4 is 11.7 Å². The van der Waals surface area contributed by atoms with Gasteiger partial charge in [-0.25, -0.2) is 4.98 Å². The third-order valence-corrected chi connectivity index (χ3v) is 3.85. The summed E-state index contributed by atoms with van der Waals surface area (Å²) in [7, 11) is 2.13. The van der Waals surface area contributed by atoms with Gasteiger partial charge in [0.15, 0.2) is 0 Å². The molecule has 2 N–H and O–H groups in total. The van der Waals surface area contributed by atoms with Crippen molar-refractivity contribution in [2.24, 2.45) is 0 Å². The van der Waals surface area contributed by atoms with E-state index in [2.05, 4.69) is 32.5 Å². The Hall–Kier alpha value is -1.66. The van der Waals surface area contributed by atoms with Gasteiger partial charge in [0.1, 0.15) is 5.82 Å². The summed E-state index contributed by atoms with van der Waals surface area (Å²) in [6, 6.07) is 3.96. The van der Waals surface area contributed by atoms with E-state index < -0.39 is 0 Å². The van der Waals surface area contributed by atoms with E-state index in [1.165, 1.54) is 5.56 Å². The minimum atomic E-state index is 0.101. The van der Waals surface area contributed by atoms with Crippen molar-refractivity contribution in [1.82, 2.24) is 20.1 Å². The number of aromatic nitrogens is 1. The Morgan fingerprint density at radius 2 is 2.14 bits per heavy atom. The van der Waals surface area contributed by atoms with Crippen LogP contribution in [0.25, 0.3) is 0 Å². The van der Waals surface area contributed by atoms with Crippen molar-refractivity contribution in [3.05, 3.63) is 23.9 Å². The summed E-state index contributed by atoms with van der Waals surface area (Å²) in [6.45, 7) is 7.95. The van der Waals surface area contributed by atoms with Gasteiger partial charge in [-0.1, -0.05) is 0 Å². The lowest BCUT2D eigenvalue weighted by molar-refractivity contribution is -0.122. The van der Waals surface area contributed by atoms with Crippen molar-refractivity contribution in [1.29, 1.82) is 0 Å². The van der Waals surface area contributed by atoms with Gasteiger partial charge >= 0.3 is 0 Å². The van der Waals surface area contributed by atoms with Crippen molar-refractivity contribution in [2.45, 2.75) is 13.3 Å². The molecule has 0 spiro atoms. The molecule has 0 aliphatic carbocycles. The first-order valence-corrected chi connectivity index (χ1v) is 7.97. The average molecular weight is 305 g/mol. The maximum atomic E-state index is 12.0. The highest BCUT2D eigenvalue weighted by Crippen LogP contribution is 2.04. The Morgan fingerprint density at radius 1 is 1.27 bits per heavy atom. The summed E-state index contributed by atoms with van der Waals surface area (Å²) in [4.78, 5) is 20.7. The van der Waals surface area contributed by atoms with Crippen LogP contribution in [-0.2, 0) is 4.79 Å². The molecule has 2 heterocycles. The number of amides is 1. The number of likely N-dealkylation sites (N-methyl/N-ethyl adjacent to an activating group) is 1. The van der Waals surface area contributed by atoms with Crippen LogP contribution in [0.5, 0.6) is 0 Å². The minimum absolute atomic E-state index is 0.101. The Labute approximate surface area is 132 Å². The third kappa shape index (κ3) is 5.99. The van der Waals surface area contributed by atoms with Crippen LogP contribution in [-0.4, -0.2) is 73.6 Å². The van der Waals surface area contributed by atoms with Gasteiger partial charge in [-0.2, -0.15) is 0 Å². The fourth-order valence-electron chi connectivity index (χ4n) is 2.54. The fourth-order valence-corrected chi connectivity index (χ4v) is 2.54. The normalized spacial score (nSPS) is 17.0. The van der Waals surface area contributed by atoms with Crippen LogP contribution in [0, 0.1) is 6.92 Å². The minimum Gasteiger partial charge on any atom is -0.368 e. The maximum absolute atomic E-state index is 12.0. The number of nitrogens with zero attached hydrogens (tertiary/aromatic N) is 3. The summed E-state index contributed by atoms with van der Waals surface area (Å²) < 4.78 is 0. The average Bonchev–Trinajstić information content (AvgIpc) is 2.69. The number of aryl methyl sites for hydroxylation is 1. The van der Waals surface area contributed by atoms with Crippen molar-refractivity contribution < 1.29 is 4.79 Å². The van der Waals surface area contributed by atoms with E-state index in [0.717, 1.165) is 38.4 Å². The molecule has 1 amide bonds. The molecule has 0 bridgehead atoms. The molecule has 0 radical (unpaired) electrons. The van der Waals surface area contributed by atoms with E-state index >= 15 is 0 Å². The van der Waals surface area contributed by atoms with Gasteiger partial charge < -0.3 is 15.5 Å². The Morgan fingerprint density at radius 3 is 2.95 bits per heavy atom. The summed E-state index contributed by atoms with van der Waals surface area (Å²) in [6.07, 6.45) is 2.91. The van der Waals surface area contributed by atoms with Crippen molar-refractivity contribution in [3.8, 4) is 0 Å². The molecule has 0 saturated carbocycles. The summed E-state index contributed by atoms with van der Waals surface area (Å²) in [5.41, 5.74) is 1.17. The Kier molecular flexibility index (Phi) is 6.61. The molecular weight excluding hydrogens is 278 g/mol. The molecular formula is C16H27N5O. The van der Waals surface area contributed by atoms with Crippen molar-refractivity contribution in [3.63, 3.8) is 0 Å². The van der Waals surface area contributed by atoms with Gasteiger partial charge in [0.25, 0.3) is 0 Å². The van der Waals surface area contributed by atoms with Crippen LogP contribution in [0.4, 0.5) is 5.82 Å². The first kappa shape index (κ1) is 16.7. The first-order chi connectivity index (χ1) is 10.6. The number of anilines is 1. The third-order valence-electron chi connectivity index (χ3n) is 3.85. The number of carbonyl (C=O) groups is 1. The van der Waals surface area contributed by atoms with Crippen LogP contribution in [0.1, 0.15) is 12.0 Å². The lowest BCUT2D eigenvalue weighted by atomic mass is 10.3. The predicted molar refractivity (Wildman–Crippen MR) is 89.0 cm³/mol. The van der Waals surface area contributed by atoms with Crippen LogP contribution in [0.15, 0.2) is 18.3 Å². The van der Waals surface area contributed by atoms with Gasteiger partial charge in [-0.3, -0.25) is 9.69 Å². The highest BCUT2D eigenvalue weighted by Gasteiger charge is 2.14. The second kappa shape index (κ2) is 8.70. The van der Waals surface area contributed by atoms with Crippen LogP contribution in [0.3, 0.4) is 0 Å². The van der Waals surface area contributed by atoms with Gasteiger partial charge in [-0.05, 0) is 51.2 Å².